The number of rotatable bonds is 0. The van der Waals surface area contributed by atoms with Crippen molar-refractivity contribution < 1.29 is 0 Å². The van der Waals surface area contributed by atoms with Crippen molar-refractivity contribution in [2.45, 2.75) is 25.3 Å². The average molecular weight is 135 g/mol. The van der Waals surface area contributed by atoms with Crippen LogP contribution in [0.5, 0.6) is 0 Å². The minimum Gasteiger partial charge on any atom is -0.307 e. The fourth-order valence-electron chi connectivity index (χ4n) is 1.69. The van der Waals surface area contributed by atoms with E-state index in [2.05, 4.69) is 23.5 Å². The Morgan fingerprint density at radius 3 is 3.30 bits per heavy atom. The van der Waals surface area contributed by atoms with Crippen molar-refractivity contribution in [1.29, 1.82) is 0 Å². The molecule has 1 aliphatic carbocycles. The molecule has 1 aliphatic heterocycles. The van der Waals surface area contributed by atoms with E-state index in [9.17, 15) is 0 Å². The Balaban J connectivity index is 2.20. The van der Waals surface area contributed by atoms with Gasteiger partial charge in [0.2, 0.25) is 0 Å². The van der Waals surface area contributed by atoms with Crippen LogP contribution < -0.4 is 5.32 Å². The Morgan fingerprint density at radius 2 is 2.40 bits per heavy atom. The number of nitrogens with one attached hydrogen (secondary N) is 1. The molecule has 0 aromatic heterocycles. The maximum absolute atomic E-state index is 3.47. The third-order valence-electron chi connectivity index (χ3n) is 2.24. The fourth-order valence-corrected chi connectivity index (χ4v) is 1.69. The average Bonchev–Trinajstić information content (AvgIpc) is 2.05. The highest BCUT2D eigenvalue weighted by Crippen LogP contribution is 2.20. The maximum atomic E-state index is 3.47. The Bertz CT molecular complexity index is 179. The SMILES string of the molecule is C1=CC2NCCC=C2CC1. The molecule has 2 aliphatic rings. The predicted octanol–water partition coefficient (Wildman–Crippen LogP) is 1.62. The summed E-state index contributed by atoms with van der Waals surface area (Å²) >= 11 is 0. The lowest BCUT2D eigenvalue weighted by Gasteiger charge is -2.25. The molecule has 54 valence electrons. The largest absolute Gasteiger partial charge is 0.307 e. The molecule has 1 heterocycles. The van der Waals surface area contributed by atoms with Crippen molar-refractivity contribution in [3.05, 3.63) is 23.8 Å². The van der Waals surface area contributed by atoms with E-state index in [4.69, 9.17) is 0 Å². The fraction of sp³-hybridized carbons (Fsp3) is 0.556. The second kappa shape index (κ2) is 2.59. The van der Waals surface area contributed by atoms with E-state index in [0.717, 1.165) is 6.54 Å². The van der Waals surface area contributed by atoms with E-state index in [1.165, 1.54) is 19.3 Å². The first-order valence-electron chi connectivity index (χ1n) is 4.06. The van der Waals surface area contributed by atoms with Crippen molar-refractivity contribution >= 4 is 0 Å². The van der Waals surface area contributed by atoms with Gasteiger partial charge in [0.15, 0.2) is 0 Å². The Kier molecular flexibility index (Phi) is 1.60. The number of allylic oxidation sites excluding steroid dienone is 1. The highest BCUT2D eigenvalue weighted by atomic mass is 14.9. The van der Waals surface area contributed by atoms with Crippen LogP contribution in [0.2, 0.25) is 0 Å². The zero-order valence-electron chi connectivity index (χ0n) is 6.14. The van der Waals surface area contributed by atoms with Gasteiger partial charge in [0.05, 0.1) is 0 Å². The lowest BCUT2D eigenvalue weighted by Crippen LogP contribution is -2.34. The zero-order valence-corrected chi connectivity index (χ0v) is 6.14. The first-order valence-corrected chi connectivity index (χ1v) is 4.06. The van der Waals surface area contributed by atoms with E-state index in [1.54, 1.807) is 5.57 Å². The first kappa shape index (κ1) is 6.17. The van der Waals surface area contributed by atoms with E-state index in [-0.39, 0.29) is 0 Å². The molecule has 0 radical (unpaired) electrons. The van der Waals surface area contributed by atoms with Gasteiger partial charge in [-0.3, -0.25) is 0 Å². The van der Waals surface area contributed by atoms with E-state index < -0.39 is 0 Å². The smallest absolute Gasteiger partial charge is 0.0465 e. The van der Waals surface area contributed by atoms with Crippen molar-refractivity contribution in [2.75, 3.05) is 6.54 Å². The summed E-state index contributed by atoms with van der Waals surface area (Å²) in [5.74, 6) is 0. The van der Waals surface area contributed by atoms with Crippen molar-refractivity contribution in [1.82, 2.24) is 5.32 Å². The molecule has 0 bridgehead atoms. The number of hydrogen-bond donors (Lipinski definition) is 1. The van der Waals surface area contributed by atoms with Gasteiger partial charge in [-0.25, -0.2) is 0 Å². The molecule has 0 saturated carbocycles. The van der Waals surface area contributed by atoms with Crippen LogP contribution in [0.3, 0.4) is 0 Å². The third kappa shape index (κ3) is 1.01. The van der Waals surface area contributed by atoms with E-state index in [1.807, 2.05) is 0 Å². The summed E-state index contributed by atoms with van der Waals surface area (Å²) in [6.07, 6.45) is 10.7. The summed E-state index contributed by atoms with van der Waals surface area (Å²) in [4.78, 5) is 0. The first-order chi connectivity index (χ1) is 4.97. The zero-order chi connectivity index (χ0) is 6.81. The van der Waals surface area contributed by atoms with Gasteiger partial charge in [0.25, 0.3) is 0 Å². The molecule has 1 N–H and O–H groups in total. The van der Waals surface area contributed by atoms with Gasteiger partial charge in [0.1, 0.15) is 0 Å². The Hall–Kier alpha value is -0.560. The van der Waals surface area contributed by atoms with Gasteiger partial charge in [0, 0.05) is 6.04 Å². The van der Waals surface area contributed by atoms with Crippen LogP contribution in [0, 0.1) is 0 Å². The molecule has 10 heavy (non-hydrogen) atoms. The molecule has 1 unspecified atom stereocenters. The quantitative estimate of drug-likeness (QED) is 0.498. The topological polar surface area (TPSA) is 12.0 Å². The minimum absolute atomic E-state index is 0.586. The summed E-state index contributed by atoms with van der Waals surface area (Å²) in [5, 5.41) is 3.47. The minimum atomic E-state index is 0.586. The van der Waals surface area contributed by atoms with Crippen molar-refractivity contribution in [2.24, 2.45) is 0 Å². The van der Waals surface area contributed by atoms with Crippen LogP contribution >= 0.6 is 0 Å². The molecular weight excluding hydrogens is 122 g/mol. The molecule has 0 saturated heterocycles. The molecule has 0 aromatic carbocycles. The summed E-state index contributed by atoms with van der Waals surface area (Å²) in [6.45, 7) is 1.15. The number of hydrogen-bond acceptors (Lipinski definition) is 1. The third-order valence-corrected chi connectivity index (χ3v) is 2.24. The maximum Gasteiger partial charge on any atom is 0.0465 e. The van der Waals surface area contributed by atoms with Gasteiger partial charge in [-0.1, -0.05) is 23.8 Å². The molecule has 1 heteroatoms. The second-order valence-electron chi connectivity index (χ2n) is 2.97. The van der Waals surface area contributed by atoms with Gasteiger partial charge in [-0.05, 0) is 25.8 Å². The van der Waals surface area contributed by atoms with Crippen LogP contribution in [-0.2, 0) is 0 Å². The summed E-state index contributed by atoms with van der Waals surface area (Å²) in [5.41, 5.74) is 1.61. The molecule has 0 fully saturated rings. The van der Waals surface area contributed by atoms with Gasteiger partial charge < -0.3 is 5.32 Å². The monoisotopic (exact) mass is 135 g/mol. The molecule has 2 rings (SSSR count). The summed E-state index contributed by atoms with van der Waals surface area (Å²) < 4.78 is 0. The van der Waals surface area contributed by atoms with Crippen LogP contribution in [0.1, 0.15) is 19.3 Å². The predicted molar refractivity (Wildman–Crippen MR) is 42.9 cm³/mol. The second-order valence-corrected chi connectivity index (χ2v) is 2.97. The van der Waals surface area contributed by atoms with Crippen LogP contribution in [0.25, 0.3) is 0 Å². The van der Waals surface area contributed by atoms with Gasteiger partial charge in [-0.15, -0.1) is 0 Å². The standard InChI is InChI=1S/C9H13N/c1-2-6-9-8(4-1)5-3-7-10-9/h2,5-6,9-10H,1,3-4,7H2. The highest BCUT2D eigenvalue weighted by molar-refractivity contribution is 5.24. The molecule has 0 spiro atoms. The molecule has 0 aromatic rings. The Labute approximate surface area is 61.8 Å². The van der Waals surface area contributed by atoms with E-state index >= 15 is 0 Å². The van der Waals surface area contributed by atoms with Gasteiger partial charge >= 0.3 is 0 Å². The molecular formula is C9H13N. The highest BCUT2D eigenvalue weighted by Gasteiger charge is 2.15. The van der Waals surface area contributed by atoms with Crippen LogP contribution in [0.15, 0.2) is 23.8 Å². The number of fused-ring (bicyclic) bond motifs is 1. The van der Waals surface area contributed by atoms with Gasteiger partial charge in [-0.2, -0.15) is 0 Å². The summed E-state index contributed by atoms with van der Waals surface area (Å²) in [6, 6.07) is 0.586. The normalized spacial score (nSPS) is 31.2. The van der Waals surface area contributed by atoms with Crippen LogP contribution in [-0.4, -0.2) is 12.6 Å². The lowest BCUT2D eigenvalue weighted by atomic mass is 9.93. The van der Waals surface area contributed by atoms with E-state index in [0.29, 0.717) is 6.04 Å². The molecule has 0 amide bonds. The van der Waals surface area contributed by atoms with Crippen molar-refractivity contribution in [3.63, 3.8) is 0 Å². The molecule has 1 nitrogen and oxygen atoms in total. The van der Waals surface area contributed by atoms with Crippen molar-refractivity contribution in [3.8, 4) is 0 Å². The Morgan fingerprint density at radius 1 is 1.40 bits per heavy atom. The lowest BCUT2D eigenvalue weighted by molar-refractivity contribution is 0.589. The van der Waals surface area contributed by atoms with Crippen LogP contribution in [0.4, 0.5) is 0 Å². The summed E-state index contributed by atoms with van der Waals surface area (Å²) in [7, 11) is 0. The molecule has 1 atom stereocenters.